The van der Waals surface area contributed by atoms with Crippen molar-refractivity contribution in [1.82, 2.24) is 15.1 Å². The smallest absolute Gasteiger partial charge is 0.312 e. The van der Waals surface area contributed by atoms with Gasteiger partial charge in [0, 0.05) is 37.2 Å². The van der Waals surface area contributed by atoms with Gasteiger partial charge in [0.2, 0.25) is 5.91 Å². The van der Waals surface area contributed by atoms with Gasteiger partial charge >= 0.3 is 6.03 Å². The largest absolute Gasteiger partial charge is 0.493 e. The lowest BCUT2D eigenvalue weighted by Gasteiger charge is -2.40. The molecule has 2 aliphatic rings. The maximum atomic E-state index is 12.3. The highest BCUT2D eigenvalue weighted by Crippen LogP contribution is 2.40. The van der Waals surface area contributed by atoms with Crippen molar-refractivity contribution in [3.8, 4) is 11.5 Å². The molecule has 2 aliphatic heterocycles. The molecule has 0 radical (unpaired) electrons. The molecule has 1 aromatic carbocycles. The van der Waals surface area contributed by atoms with E-state index in [4.69, 9.17) is 15.2 Å². The van der Waals surface area contributed by atoms with Gasteiger partial charge < -0.3 is 25.4 Å². The van der Waals surface area contributed by atoms with Crippen molar-refractivity contribution in [3.63, 3.8) is 0 Å². The van der Waals surface area contributed by atoms with Crippen molar-refractivity contribution in [2.24, 2.45) is 11.1 Å². The first-order valence-corrected chi connectivity index (χ1v) is 9.70. The van der Waals surface area contributed by atoms with Crippen LogP contribution in [0, 0.1) is 5.41 Å². The number of piperidine rings is 1. The van der Waals surface area contributed by atoms with E-state index in [9.17, 15) is 9.59 Å². The number of nitrogens with one attached hydrogen (secondary N) is 1. The van der Waals surface area contributed by atoms with Crippen LogP contribution >= 0.6 is 0 Å². The van der Waals surface area contributed by atoms with Gasteiger partial charge in [0.05, 0.1) is 20.8 Å². The first kappa shape index (κ1) is 20.3. The van der Waals surface area contributed by atoms with E-state index in [1.807, 2.05) is 17.0 Å². The third-order valence-corrected chi connectivity index (χ3v) is 5.82. The number of carbonyl (C=O) groups excluding carboxylic acids is 2. The normalized spacial score (nSPS) is 22.3. The van der Waals surface area contributed by atoms with Crippen LogP contribution in [0.15, 0.2) is 18.2 Å². The second kappa shape index (κ2) is 8.68. The Morgan fingerprint density at radius 3 is 2.71 bits per heavy atom. The summed E-state index contributed by atoms with van der Waals surface area (Å²) >= 11 is 0. The van der Waals surface area contributed by atoms with Gasteiger partial charge in [-0.1, -0.05) is 12.1 Å². The Bertz CT molecular complexity index is 726. The first-order valence-electron chi connectivity index (χ1n) is 9.70. The number of rotatable bonds is 6. The zero-order chi connectivity index (χ0) is 20.1. The van der Waals surface area contributed by atoms with Crippen LogP contribution < -0.4 is 20.5 Å². The molecule has 0 unspecified atom stereocenters. The van der Waals surface area contributed by atoms with Crippen LogP contribution in [0.3, 0.4) is 0 Å². The topological polar surface area (TPSA) is 97.1 Å². The molecule has 2 saturated heterocycles. The molecule has 3 N–H and O–H groups in total. The molecule has 3 amide bonds. The van der Waals surface area contributed by atoms with Gasteiger partial charge in [-0.3, -0.25) is 9.69 Å². The van der Waals surface area contributed by atoms with Crippen LogP contribution in [-0.4, -0.2) is 68.7 Å². The molecule has 2 heterocycles. The molecule has 0 bridgehead atoms. The van der Waals surface area contributed by atoms with Gasteiger partial charge in [0.25, 0.3) is 0 Å². The van der Waals surface area contributed by atoms with Gasteiger partial charge in [0.15, 0.2) is 11.5 Å². The number of likely N-dealkylation sites (tertiary alicyclic amines) is 2. The first-order chi connectivity index (χ1) is 13.5. The molecular formula is C20H30N4O4. The number of amides is 3. The van der Waals surface area contributed by atoms with E-state index in [0.717, 1.165) is 69.0 Å². The minimum Gasteiger partial charge on any atom is -0.493 e. The fourth-order valence-corrected chi connectivity index (χ4v) is 4.52. The molecule has 1 aromatic rings. The van der Waals surface area contributed by atoms with Crippen LogP contribution in [0.25, 0.3) is 0 Å². The van der Waals surface area contributed by atoms with E-state index in [-0.39, 0.29) is 17.9 Å². The van der Waals surface area contributed by atoms with E-state index in [0.29, 0.717) is 0 Å². The van der Waals surface area contributed by atoms with E-state index in [1.54, 1.807) is 14.2 Å². The Balaban J connectivity index is 1.63. The zero-order valence-electron chi connectivity index (χ0n) is 16.7. The lowest BCUT2D eigenvalue weighted by Crippen LogP contribution is -2.46. The SMILES string of the molecule is COc1cccc(CN2CCC[C@@]3(CCN(C(=O)CNC(N)=O)C3)C2)c1OC. The second-order valence-electron chi connectivity index (χ2n) is 7.75. The number of nitrogens with zero attached hydrogens (tertiary/aromatic N) is 2. The van der Waals surface area contributed by atoms with Crippen molar-refractivity contribution in [3.05, 3.63) is 23.8 Å². The summed E-state index contributed by atoms with van der Waals surface area (Å²) in [5.74, 6) is 1.46. The van der Waals surface area contributed by atoms with Crippen molar-refractivity contribution in [2.75, 3.05) is 46.9 Å². The molecular weight excluding hydrogens is 360 g/mol. The van der Waals surface area contributed by atoms with E-state index < -0.39 is 6.03 Å². The van der Waals surface area contributed by atoms with Crippen molar-refractivity contribution in [1.29, 1.82) is 0 Å². The van der Waals surface area contributed by atoms with Gasteiger partial charge in [-0.05, 0) is 31.9 Å². The van der Waals surface area contributed by atoms with Crippen molar-refractivity contribution >= 4 is 11.9 Å². The van der Waals surface area contributed by atoms with Crippen LogP contribution in [-0.2, 0) is 11.3 Å². The van der Waals surface area contributed by atoms with Crippen LogP contribution in [0.4, 0.5) is 4.79 Å². The number of nitrogens with two attached hydrogens (primary N) is 1. The predicted octanol–water partition coefficient (Wildman–Crippen LogP) is 1.19. The van der Waals surface area contributed by atoms with Gasteiger partial charge in [0.1, 0.15) is 0 Å². The number of urea groups is 1. The summed E-state index contributed by atoms with van der Waals surface area (Å²) in [5, 5.41) is 2.39. The van der Waals surface area contributed by atoms with E-state index in [2.05, 4.69) is 16.3 Å². The molecule has 3 rings (SSSR count). The van der Waals surface area contributed by atoms with Crippen molar-refractivity contribution < 1.29 is 19.1 Å². The molecule has 0 saturated carbocycles. The number of para-hydroxylation sites is 1. The summed E-state index contributed by atoms with van der Waals surface area (Å²) in [6.45, 7) is 4.20. The average molecular weight is 390 g/mol. The molecule has 2 fully saturated rings. The summed E-state index contributed by atoms with van der Waals surface area (Å²) in [6, 6.07) is 5.29. The fourth-order valence-electron chi connectivity index (χ4n) is 4.52. The standard InChI is InChI=1S/C20H30N4O4/c1-27-16-6-3-5-15(18(16)28-2)12-23-9-4-7-20(13-23)8-10-24(14-20)17(25)11-22-19(21)26/h3,5-6H,4,7-14H2,1-2H3,(H3,21,22,26)/t20-/m1/s1. The number of hydrogen-bond donors (Lipinski definition) is 2. The molecule has 1 spiro atoms. The quantitative estimate of drug-likeness (QED) is 0.760. The Morgan fingerprint density at radius 2 is 2.00 bits per heavy atom. The number of benzene rings is 1. The molecule has 28 heavy (non-hydrogen) atoms. The summed E-state index contributed by atoms with van der Waals surface area (Å²) in [5.41, 5.74) is 6.29. The molecule has 8 nitrogen and oxygen atoms in total. The molecule has 8 heteroatoms. The summed E-state index contributed by atoms with van der Waals surface area (Å²) in [4.78, 5) is 27.5. The molecule has 0 aromatic heterocycles. The maximum absolute atomic E-state index is 12.3. The summed E-state index contributed by atoms with van der Waals surface area (Å²) < 4.78 is 11.0. The fraction of sp³-hybridized carbons (Fsp3) is 0.600. The van der Waals surface area contributed by atoms with Crippen molar-refractivity contribution in [2.45, 2.75) is 25.8 Å². The second-order valence-corrected chi connectivity index (χ2v) is 7.75. The summed E-state index contributed by atoms with van der Waals surface area (Å²) in [6.07, 6.45) is 3.21. The Hall–Kier alpha value is -2.48. The van der Waals surface area contributed by atoms with E-state index in [1.165, 1.54) is 0 Å². The van der Waals surface area contributed by atoms with Crippen LogP contribution in [0.1, 0.15) is 24.8 Å². The number of primary amides is 1. The van der Waals surface area contributed by atoms with Gasteiger partial charge in [-0.2, -0.15) is 0 Å². The number of methoxy groups -OCH3 is 2. The monoisotopic (exact) mass is 390 g/mol. The minimum absolute atomic E-state index is 0.0316. The number of carbonyl (C=O) groups is 2. The highest BCUT2D eigenvalue weighted by atomic mass is 16.5. The molecule has 0 aliphatic carbocycles. The zero-order valence-corrected chi connectivity index (χ0v) is 16.7. The Kier molecular flexibility index (Phi) is 6.28. The Labute approximate surface area is 165 Å². The number of ether oxygens (including phenoxy) is 2. The Morgan fingerprint density at radius 1 is 1.18 bits per heavy atom. The lowest BCUT2D eigenvalue weighted by molar-refractivity contribution is -0.129. The molecule has 154 valence electrons. The minimum atomic E-state index is -0.668. The van der Waals surface area contributed by atoms with Gasteiger partial charge in [-0.25, -0.2) is 4.79 Å². The third kappa shape index (κ3) is 4.49. The molecule has 1 atom stereocenters. The third-order valence-electron chi connectivity index (χ3n) is 5.82. The van der Waals surface area contributed by atoms with Gasteiger partial charge in [-0.15, -0.1) is 0 Å². The van der Waals surface area contributed by atoms with Crippen LogP contribution in [0.2, 0.25) is 0 Å². The van der Waals surface area contributed by atoms with Crippen LogP contribution in [0.5, 0.6) is 11.5 Å². The highest BCUT2D eigenvalue weighted by Gasteiger charge is 2.42. The predicted molar refractivity (Wildman–Crippen MR) is 105 cm³/mol. The highest BCUT2D eigenvalue weighted by molar-refractivity contribution is 5.83. The average Bonchev–Trinajstić information content (AvgIpc) is 3.09. The summed E-state index contributed by atoms with van der Waals surface area (Å²) in [7, 11) is 3.31. The number of hydrogen-bond acceptors (Lipinski definition) is 5. The van der Waals surface area contributed by atoms with E-state index >= 15 is 0 Å². The lowest BCUT2D eigenvalue weighted by atomic mass is 9.79. The maximum Gasteiger partial charge on any atom is 0.312 e.